The normalized spacial score (nSPS) is 16.6. The van der Waals surface area contributed by atoms with E-state index in [1.807, 2.05) is 12.1 Å². The second kappa shape index (κ2) is 7.54. The fourth-order valence-corrected chi connectivity index (χ4v) is 3.78. The van der Waals surface area contributed by atoms with Crippen molar-refractivity contribution >= 4 is 11.7 Å². The van der Waals surface area contributed by atoms with Crippen LogP contribution in [0.1, 0.15) is 77.1 Å². The summed E-state index contributed by atoms with van der Waals surface area (Å²) in [4.78, 5) is 19.5. The molecule has 0 saturated carbocycles. The van der Waals surface area contributed by atoms with Crippen LogP contribution in [0.4, 0.5) is 5.82 Å². The minimum absolute atomic E-state index is 0.0114. The summed E-state index contributed by atoms with van der Waals surface area (Å²) in [7, 11) is 0. The van der Waals surface area contributed by atoms with Crippen LogP contribution in [-0.2, 0) is 0 Å². The summed E-state index contributed by atoms with van der Waals surface area (Å²) in [5.41, 5.74) is 0.638. The third-order valence-corrected chi connectivity index (χ3v) is 4.36. The van der Waals surface area contributed by atoms with Gasteiger partial charge in [0, 0.05) is 30.4 Å². The van der Waals surface area contributed by atoms with Crippen LogP contribution >= 0.6 is 0 Å². The highest BCUT2D eigenvalue weighted by Gasteiger charge is 2.27. The van der Waals surface area contributed by atoms with Gasteiger partial charge in [0.1, 0.15) is 5.82 Å². The van der Waals surface area contributed by atoms with E-state index in [0.29, 0.717) is 5.56 Å². The van der Waals surface area contributed by atoms with Gasteiger partial charge in [0.25, 0.3) is 5.91 Å². The minimum atomic E-state index is -0.235. The van der Waals surface area contributed by atoms with Gasteiger partial charge in [-0.05, 0) is 50.7 Å². The minimum Gasteiger partial charge on any atom is -0.357 e. The van der Waals surface area contributed by atoms with Crippen molar-refractivity contribution in [3.63, 3.8) is 0 Å². The molecule has 0 spiro atoms. The van der Waals surface area contributed by atoms with E-state index >= 15 is 0 Å². The molecule has 0 radical (unpaired) electrons. The summed E-state index contributed by atoms with van der Waals surface area (Å²) in [6.45, 7) is 12.8. The molecule has 1 saturated heterocycles. The van der Waals surface area contributed by atoms with Crippen LogP contribution in [0, 0.1) is 5.41 Å². The van der Waals surface area contributed by atoms with Crippen molar-refractivity contribution in [3.05, 3.63) is 23.9 Å². The van der Waals surface area contributed by atoms with Crippen molar-refractivity contribution in [2.45, 2.75) is 72.3 Å². The predicted octanol–water partition coefficient (Wildman–Crippen LogP) is 4.41. The molecule has 1 aliphatic rings. The third-order valence-electron chi connectivity index (χ3n) is 4.36. The van der Waals surface area contributed by atoms with E-state index in [2.05, 4.69) is 49.8 Å². The number of amides is 1. The molecule has 0 unspecified atom stereocenters. The predicted molar refractivity (Wildman–Crippen MR) is 101 cm³/mol. The Morgan fingerprint density at radius 1 is 1.12 bits per heavy atom. The van der Waals surface area contributed by atoms with E-state index in [1.54, 1.807) is 6.20 Å². The zero-order valence-corrected chi connectivity index (χ0v) is 16.0. The van der Waals surface area contributed by atoms with Gasteiger partial charge in [-0.3, -0.25) is 4.79 Å². The quantitative estimate of drug-likeness (QED) is 0.889. The summed E-state index contributed by atoms with van der Waals surface area (Å²) in [6.07, 6.45) is 7.67. The van der Waals surface area contributed by atoms with E-state index in [1.165, 1.54) is 25.7 Å². The number of carbonyl (C=O) groups is 1. The molecular weight excluding hydrogens is 298 g/mol. The van der Waals surface area contributed by atoms with Gasteiger partial charge in [-0.2, -0.15) is 0 Å². The molecule has 0 aromatic carbocycles. The molecule has 4 heteroatoms. The summed E-state index contributed by atoms with van der Waals surface area (Å²) < 4.78 is 0. The third kappa shape index (κ3) is 5.81. The van der Waals surface area contributed by atoms with E-state index in [4.69, 9.17) is 0 Å². The van der Waals surface area contributed by atoms with Crippen LogP contribution in [0.25, 0.3) is 0 Å². The lowest BCUT2D eigenvalue weighted by Crippen LogP contribution is -2.45. The maximum Gasteiger partial charge on any atom is 0.251 e. The average molecular weight is 332 g/mol. The molecular formula is C20H33N3O. The first kappa shape index (κ1) is 18.8. The van der Waals surface area contributed by atoms with Gasteiger partial charge in [0.2, 0.25) is 0 Å². The van der Waals surface area contributed by atoms with Gasteiger partial charge in [-0.15, -0.1) is 0 Å². The fourth-order valence-electron chi connectivity index (χ4n) is 3.78. The summed E-state index contributed by atoms with van der Waals surface area (Å²) in [5, 5.41) is 3.19. The van der Waals surface area contributed by atoms with Crippen LogP contribution in [-0.4, -0.2) is 29.5 Å². The number of nitrogens with zero attached hydrogens (tertiary/aromatic N) is 2. The molecule has 1 aliphatic heterocycles. The van der Waals surface area contributed by atoms with Crippen molar-refractivity contribution in [1.29, 1.82) is 0 Å². The van der Waals surface area contributed by atoms with Gasteiger partial charge in [-0.25, -0.2) is 4.98 Å². The van der Waals surface area contributed by atoms with E-state index in [9.17, 15) is 4.79 Å². The smallest absolute Gasteiger partial charge is 0.251 e. The lowest BCUT2D eigenvalue weighted by Gasteiger charge is -2.33. The SMILES string of the molecule is CC(C)(C)CC(C)(C)NC(=O)c1ccnc(N2CCCCCC2)c1. The van der Waals surface area contributed by atoms with Crippen LogP contribution in [0.2, 0.25) is 0 Å². The Bertz CT molecular complexity index is 552. The molecule has 24 heavy (non-hydrogen) atoms. The van der Waals surface area contributed by atoms with E-state index in [0.717, 1.165) is 25.3 Å². The maximum atomic E-state index is 12.7. The Balaban J connectivity index is 2.08. The van der Waals surface area contributed by atoms with Gasteiger partial charge >= 0.3 is 0 Å². The zero-order chi connectivity index (χ0) is 17.8. The monoisotopic (exact) mass is 331 g/mol. The van der Waals surface area contributed by atoms with Gasteiger partial charge in [0.15, 0.2) is 0 Å². The lowest BCUT2D eigenvalue weighted by molar-refractivity contribution is 0.0891. The first-order chi connectivity index (χ1) is 11.2. The fraction of sp³-hybridized carbons (Fsp3) is 0.700. The number of anilines is 1. The van der Waals surface area contributed by atoms with Crippen molar-refractivity contribution in [3.8, 4) is 0 Å². The molecule has 1 aromatic heterocycles. The van der Waals surface area contributed by atoms with E-state index in [-0.39, 0.29) is 16.9 Å². The molecule has 0 atom stereocenters. The zero-order valence-electron chi connectivity index (χ0n) is 16.0. The number of hydrogen-bond donors (Lipinski definition) is 1. The highest BCUT2D eigenvalue weighted by Crippen LogP contribution is 2.27. The molecule has 1 amide bonds. The van der Waals surface area contributed by atoms with Gasteiger partial charge in [-0.1, -0.05) is 33.6 Å². The number of nitrogens with one attached hydrogen (secondary N) is 1. The summed E-state index contributed by atoms with van der Waals surface area (Å²) >= 11 is 0. The topological polar surface area (TPSA) is 45.2 Å². The summed E-state index contributed by atoms with van der Waals surface area (Å²) in [5.74, 6) is 0.917. The Kier molecular flexibility index (Phi) is 5.89. The molecule has 134 valence electrons. The Labute approximate surface area is 147 Å². The molecule has 0 bridgehead atoms. The molecule has 4 nitrogen and oxygen atoms in total. The van der Waals surface area contributed by atoms with Gasteiger partial charge in [0.05, 0.1) is 0 Å². The molecule has 2 heterocycles. The maximum absolute atomic E-state index is 12.7. The van der Waals surface area contributed by atoms with Crippen LogP contribution < -0.4 is 10.2 Å². The second-order valence-electron chi connectivity index (χ2n) is 8.88. The number of rotatable bonds is 4. The number of hydrogen-bond acceptors (Lipinski definition) is 3. The Hall–Kier alpha value is -1.58. The highest BCUT2D eigenvalue weighted by molar-refractivity contribution is 5.95. The van der Waals surface area contributed by atoms with Crippen LogP contribution in [0.3, 0.4) is 0 Å². The van der Waals surface area contributed by atoms with Crippen molar-refractivity contribution in [2.75, 3.05) is 18.0 Å². The number of carbonyl (C=O) groups excluding carboxylic acids is 1. The standard InChI is InChI=1S/C20H33N3O/c1-19(2,3)15-20(4,5)22-18(24)16-10-11-21-17(14-16)23-12-8-6-7-9-13-23/h10-11,14H,6-9,12-13,15H2,1-5H3,(H,22,24). The largest absolute Gasteiger partial charge is 0.357 e. The van der Waals surface area contributed by atoms with Gasteiger partial charge < -0.3 is 10.2 Å². The second-order valence-corrected chi connectivity index (χ2v) is 8.88. The molecule has 0 aliphatic carbocycles. The first-order valence-corrected chi connectivity index (χ1v) is 9.20. The van der Waals surface area contributed by atoms with Crippen molar-refractivity contribution in [1.82, 2.24) is 10.3 Å². The van der Waals surface area contributed by atoms with Crippen LogP contribution in [0.15, 0.2) is 18.3 Å². The number of pyridine rings is 1. The molecule has 1 aromatic rings. The summed E-state index contributed by atoms with van der Waals surface area (Å²) in [6, 6.07) is 3.75. The first-order valence-electron chi connectivity index (χ1n) is 9.20. The van der Waals surface area contributed by atoms with E-state index < -0.39 is 0 Å². The van der Waals surface area contributed by atoms with Crippen molar-refractivity contribution in [2.24, 2.45) is 5.41 Å². The average Bonchev–Trinajstić information content (AvgIpc) is 2.73. The number of aromatic nitrogens is 1. The molecule has 2 rings (SSSR count). The Morgan fingerprint density at radius 3 is 2.33 bits per heavy atom. The lowest BCUT2D eigenvalue weighted by atomic mass is 9.81. The highest BCUT2D eigenvalue weighted by atomic mass is 16.1. The Morgan fingerprint density at radius 2 is 1.75 bits per heavy atom. The van der Waals surface area contributed by atoms with Crippen LogP contribution in [0.5, 0.6) is 0 Å². The van der Waals surface area contributed by atoms with Crippen molar-refractivity contribution < 1.29 is 4.79 Å². The molecule has 1 fully saturated rings. The molecule has 1 N–H and O–H groups in total.